The highest BCUT2D eigenvalue weighted by molar-refractivity contribution is 4.87. The summed E-state index contributed by atoms with van der Waals surface area (Å²) in [5.74, 6) is 0. The molecule has 0 aromatic rings. The van der Waals surface area contributed by atoms with Crippen LogP contribution in [0.25, 0.3) is 0 Å². The van der Waals surface area contributed by atoms with Crippen molar-refractivity contribution in [3.8, 4) is 0 Å². The molecule has 0 aromatic heterocycles. The molecule has 1 aliphatic rings. The first-order valence-corrected chi connectivity index (χ1v) is 4.67. The van der Waals surface area contributed by atoms with Crippen molar-refractivity contribution < 1.29 is 20.1 Å². The Balaban J connectivity index is 0.000000791. The molecule has 3 N–H and O–H groups in total. The van der Waals surface area contributed by atoms with E-state index < -0.39 is 12.2 Å². The van der Waals surface area contributed by atoms with Crippen molar-refractivity contribution in [3.63, 3.8) is 0 Å². The van der Waals surface area contributed by atoms with Gasteiger partial charge in [0.2, 0.25) is 0 Å². The fraction of sp³-hybridized carbons (Fsp3) is 1.00. The van der Waals surface area contributed by atoms with Crippen molar-refractivity contribution in [1.29, 1.82) is 0 Å². The molecule has 14 heavy (non-hydrogen) atoms. The molecule has 0 aliphatic carbocycles. The van der Waals surface area contributed by atoms with Gasteiger partial charge in [-0.05, 0) is 13.5 Å². The summed E-state index contributed by atoms with van der Waals surface area (Å²) >= 11 is 0. The Morgan fingerprint density at radius 3 is 2.43 bits per heavy atom. The van der Waals surface area contributed by atoms with Crippen molar-refractivity contribution in [2.24, 2.45) is 0 Å². The fourth-order valence-corrected chi connectivity index (χ4v) is 1.59. The van der Waals surface area contributed by atoms with Crippen LogP contribution in [-0.2, 0) is 4.74 Å². The van der Waals surface area contributed by atoms with E-state index in [1.807, 2.05) is 11.9 Å². The van der Waals surface area contributed by atoms with Crippen LogP contribution in [0.5, 0.6) is 0 Å². The van der Waals surface area contributed by atoms with Gasteiger partial charge in [-0.2, -0.15) is 0 Å². The monoisotopic (exact) mass is 207 g/mol. The van der Waals surface area contributed by atoms with Crippen LogP contribution in [-0.4, -0.2) is 72.9 Å². The molecule has 3 unspecified atom stereocenters. The normalized spacial score (nSPS) is 33.4. The van der Waals surface area contributed by atoms with Crippen LogP contribution in [0.2, 0.25) is 0 Å². The third kappa shape index (κ3) is 3.51. The van der Waals surface area contributed by atoms with Crippen LogP contribution in [0, 0.1) is 0 Å². The lowest BCUT2D eigenvalue weighted by atomic mass is 9.97. The van der Waals surface area contributed by atoms with Crippen molar-refractivity contribution >= 4 is 0 Å². The number of aliphatic hydroxyl groups is 3. The Hall–Kier alpha value is -0.200. The minimum atomic E-state index is -0.677. The Kier molecular flexibility index (Phi) is 7.04. The lowest BCUT2D eigenvalue weighted by Crippen LogP contribution is -2.54. The van der Waals surface area contributed by atoms with Crippen LogP contribution < -0.4 is 0 Å². The van der Waals surface area contributed by atoms with E-state index in [9.17, 15) is 10.2 Å². The Morgan fingerprint density at radius 1 is 1.36 bits per heavy atom. The molecule has 1 fully saturated rings. The second kappa shape index (κ2) is 7.14. The lowest BCUT2D eigenvalue weighted by molar-refractivity contribution is -0.0863. The van der Waals surface area contributed by atoms with Gasteiger partial charge in [0.15, 0.2) is 0 Å². The van der Waals surface area contributed by atoms with Gasteiger partial charge < -0.3 is 20.1 Å². The third-order valence-corrected chi connectivity index (χ3v) is 2.47. The Bertz CT molecular complexity index is 145. The van der Waals surface area contributed by atoms with E-state index in [1.165, 1.54) is 0 Å². The molecular formula is C9H21NO4. The van der Waals surface area contributed by atoms with Gasteiger partial charge in [0.25, 0.3) is 0 Å². The zero-order valence-electron chi connectivity index (χ0n) is 9.05. The summed E-state index contributed by atoms with van der Waals surface area (Å²) in [5, 5.41) is 25.9. The lowest BCUT2D eigenvalue weighted by Gasteiger charge is -2.38. The number of piperidine rings is 1. The number of hydrogen-bond acceptors (Lipinski definition) is 5. The van der Waals surface area contributed by atoms with Gasteiger partial charge in [-0.1, -0.05) is 0 Å². The number of likely N-dealkylation sites (tertiary alicyclic amines) is 1. The topological polar surface area (TPSA) is 73.2 Å². The molecule has 5 nitrogen and oxygen atoms in total. The zero-order valence-corrected chi connectivity index (χ0v) is 9.05. The van der Waals surface area contributed by atoms with Crippen LogP contribution in [0.3, 0.4) is 0 Å². The maximum Gasteiger partial charge on any atom is 0.0976 e. The van der Waals surface area contributed by atoms with Crippen molar-refractivity contribution in [3.05, 3.63) is 0 Å². The molecule has 0 amide bonds. The molecule has 1 rings (SSSR count). The second-order valence-electron chi connectivity index (χ2n) is 3.35. The van der Waals surface area contributed by atoms with Crippen LogP contribution in [0.15, 0.2) is 0 Å². The summed E-state index contributed by atoms with van der Waals surface area (Å²) in [6.07, 6.45) is -0.636. The quantitative estimate of drug-likeness (QED) is 0.523. The Labute approximate surface area is 84.9 Å². The predicted octanol–water partition coefficient (Wildman–Crippen LogP) is -1.33. The number of aliphatic hydroxyl groups excluding tert-OH is 3. The van der Waals surface area contributed by atoms with E-state index in [0.717, 1.165) is 13.7 Å². The van der Waals surface area contributed by atoms with E-state index in [-0.39, 0.29) is 6.04 Å². The number of methoxy groups -OCH3 is 1. The van der Waals surface area contributed by atoms with E-state index >= 15 is 0 Å². The number of likely N-dealkylation sites (N-methyl/N-ethyl adjacent to an activating group) is 1. The van der Waals surface area contributed by atoms with E-state index in [0.29, 0.717) is 13.0 Å². The highest BCUT2D eigenvalue weighted by Crippen LogP contribution is 2.16. The summed E-state index contributed by atoms with van der Waals surface area (Å²) in [4.78, 5) is 2.01. The standard InChI is InChI=1S/C8H17NO3.CH4O/c1-9-4-3-7(10)8(11)6(9)5-12-2;1-2/h6-8,10-11H,3-5H2,1-2H3;2H,1H3. The molecule has 1 heterocycles. The van der Waals surface area contributed by atoms with Crippen LogP contribution >= 0.6 is 0 Å². The first-order valence-electron chi connectivity index (χ1n) is 4.67. The van der Waals surface area contributed by atoms with E-state index in [1.54, 1.807) is 7.11 Å². The highest BCUT2D eigenvalue weighted by Gasteiger charge is 2.33. The molecule has 0 spiro atoms. The summed E-state index contributed by atoms with van der Waals surface area (Å²) in [7, 11) is 4.53. The summed E-state index contributed by atoms with van der Waals surface area (Å²) in [5.41, 5.74) is 0. The maximum atomic E-state index is 9.57. The van der Waals surface area contributed by atoms with Crippen LogP contribution in [0.1, 0.15) is 6.42 Å². The molecule has 5 heteroatoms. The highest BCUT2D eigenvalue weighted by atomic mass is 16.5. The maximum absolute atomic E-state index is 9.57. The largest absolute Gasteiger partial charge is 0.400 e. The first-order chi connectivity index (χ1) is 6.66. The SMILES string of the molecule is CO.COCC1C(O)C(O)CCN1C. The number of hydrogen-bond donors (Lipinski definition) is 3. The van der Waals surface area contributed by atoms with Gasteiger partial charge >= 0.3 is 0 Å². The average molecular weight is 207 g/mol. The van der Waals surface area contributed by atoms with Gasteiger partial charge in [-0.25, -0.2) is 0 Å². The molecule has 86 valence electrons. The van der Waals surface area contributed by atoms with Gasteiger partial charge in [-0.15, -0.1) is 0 Å². The number of ether oxygens (including phenoxy) is 1. The fourth-order valence-electron chi connectivity index (χ4n) is 1.59. The van der Waals surface area contributed by atoms with Crippen molar-refractivity contribution in [2.75, 3.05) is 34.4 Å². The minimum Gasteiger partial charge on any atom is -0.400 e. The zero-order chi connectivity index (χ0) is 11.1. The second-order valence-corrected chi connectivity index (χ2v) is 3.35. The minimum absolute atomic E-state index is 0.0706. The van der Waals surface area contributed by atoms with Gasteiger partial charge in [0.05, 0.1) is 24.9 Å². The van der Waals surface area contributed by atoms with Crippen molar-refractivity contribution in [1.82, 2.24) is 4.90 Å². The molecule has 1 aliphatic heterocycles. The third-order valence-electron chi connectivity index (χ3n) is 2.47. The van der Waals surface area contributed by atoms with Crippen molar-refractivity contribution in [2.45, 2.75) is 24.7 Å². The number of rotatable bonds is 2. The molecule has 1 saturated heterocycles. The molecule has 0 bridgehead atoms. The van der Waals surface area contributed by atoms with Gasteiger partial charge in [0.1, 0.15) is 0 Å². The van der Waals surface area contributed by atoms with Gasteiger partial charge in [-0.3, -0.25) is 4.90 Å². The molecule has 0 radical (unpaired) electrons. The van der Waals surface area contributed by atoms with E-state index in [2.05, 4.69) is 0 Å². The molecular weight excluding hydrogens is 186 g/mol. The van der Waals surface area contributed by atoms with Gasteiger partial charge in [0, 0.05) is 20.8 Å². The average Bonchev–Trinajstić information content (AvgIpc) is 2.22. The molecule has 3 atom stereocenters. The first kappa shape index (κ1) is 13.8. The number of nitrogens with zero attached hydrogens (tertiary/aromatic N) is 1. The predicted molar refractivity (Wildman–Crippen MR) is 53.1 cm³/mol. The van der Waals surface area contributed by atoms with E-state index in [4.69, 9.17) is 9.84 Å². The summed E-state index contributed by atoms with van der Waals surface area (Å²) in [6.45, 7) is 1.28. The smallest absolute Gasteiger partial charge is 0.0976 e. The van der Waals surface area contributed by atoms with Crippen LogP contribution in [0.4, 0.5) is 0 Å². The molecule has 0 aromatic carbocycles. The summed E-state index contributed by atoms with van der Waals surface area (Å²) < 4.78 is 4.96. The Morgan fingerprint density at radius 2 is 1.93 bits per heavy atom. The molecule has 0 saturated carbocycles. The summed E-state index contributed by atoms with van der Waals surface area (Å²) in [6, 6.07) is -0.0706.